The summed E-state index contributed by atoms with van der Waals surface area (Å²) in [7, 11) is -4.11. The summed E-state index contributed by atoms with van der Waals surface area (Å²) in [5, 5.41) is 0.119. The van der Waals surface area contributed by atoms with Gasteiger partial charge in [-0.2, -0.15) is 0 Å². The molecule has 5 nitrogen and oxygen atoms in total. The maximum Gasteiger partial charge on any atom is 0.266 e. The summed E-state index contributed by atoms with van der Waals surface area (Å²) in [6, 6.07) is 7.68. The second-order valence-corrected chi connectivity index (χ2v) is 5.68. The van der Waals surface area contributed by atoms with Gasteiger partial charge in [-0.15, -0.1) is 0 Å². The van der Waals surface area contributed by atoms with Gasteiger partial charge in [0, 0.05) is 5.69 Å². The van der Waals surface area contributed by atoms with Gasteiger partial charge in [0.05, 0.1) is 0 Å². The SMILES string of the molecule is Nc1ccc(F)c(S(=O)(=O)Nc2cccc(Cl)n2)c1. The molecule has 2 rings (SSSR count). The molecule has 100 valence electrons. The Hall–Kier alpha value is -1.86. The first-order valence-corrected chi connectivity index (χ1v) is 6.95. The molecular formula is C11H9ClFN3O2S. The largest absolute Gasteiger partial charge is 0.399 e. The summed E-state index contributed by atoms with van der Waals surface area (Å²) in [6.07, 6.45) is 0. The highest BCUT2D eigenvalue weighted by atomic mass is 35.5. The molecule has 19 heavy (non-hydrogen) atoms. The third-order valence-corrected chi connectivity index (χ3v) is 3.78. The molecule has 1 aromatic carbocycles. The molecule has 8 heteroatoms. The van der Waals surface area contributed by atoms with Crippen LogP contribution in [0, 0.1) is 5.82 Å². The van der Waals surface area contributed by atoms with Gasteiger partial charge in [0.2, 0.25) is 0 Å². The number of sulfonamides is 1. The van der Waals surface area contributed by atoms with Gasteiger partial charge in [-0.25, -0.2) is 17.8 Å². The summed E-state index contributed by atoms with van der Waals surface area (Å²) in [5.41, 5.74) is 5.59. The van der Waals surface area contributed by atoms with Crippen LogP contribution in [0.4, 0.5) is 15.9 Å². The van der Waals surface area contributed by atoms with Gasteiger partial charge in [-0.05, 0) is 30.3 Å². The molecular weight excluding hydrogens is 293 g/mol. The number of rotatable bonds is 3. The molecule has 0 aliphatic rings. The standard InChI is InChI=1S/C11H9ClFN3O2S/c12-10-2-1-3-11(15-10)16-19(17,18)9-6-7(14)4-5-8(9)13/h1-6H,14H2,(H,15,16). The van der Waals surface area contributed by atoms with Crippen molar-refractivity contribution >= 4 is 33.1 Å². The van der Waals surface area contributed by atoms with Crippen LogP contribution in [0.15, 0.2) is 41.3 Å². The zero-order chi connectivity index (χ0) is 14.0. The highest BCUT2D eigenvalue weighted by Crippen LogP contribution is 2.20. The van der Waals surface area contributed by atoms with Gasteiger partial charge in [-0.1, -0.05) is 17.7 Å². The smallest absolute Gasteiger partial charge is 0.266 e. The van der Waals surface area contributed by atoms with Crippen LogP contribution in [0.1, 0.15) is 0 Å². The molecule has 3 N–H and O–H groups in total. The first-order valence-electron chi connectivity index (χ1n) is 5.09. The van der Waals surface area contributed by atoms with E-state index in [2.05, 4.69) is 9.71 Å². The first-order chi connectivity index (χ1) is 8.88. The van der Waals surface area contributed by atoms with Crippen LogP contribution in [0.2, 0.25) is 5.15 Å². The minimum Gasteiger partial charge on any atom is -0.399 e. The number of anilines is 2. The van der Waals surface area contributed by atoms with Gasteiger partial charge in [-0.3, -0.25) is 4.72 Å². The normalized spacial score (nSPS) is 11.3. The van der Waals surface area contributed by atoms with Gasteiger partial charge in [0.1, 0.15) is 21.7 Å². The summed E-state index contributed by atoms with van der Waals surface area (Å²) in [5.74, 6) is -0.905. The van der Waals surface area contributed by atoms with E-state index in [1.807, 2.05) is 0 Å². The molecule has 0 fully saturated rings. The number of nitrogen functional groups attached to an aromatic ring is 1. The second kappa shape index (κ2) is 5.02. The lowest BCUT2D eigenvalue weighted by Crippen LogP contribution is -2.15. The zero-order valence-corrected chi connectivity index (χ0v) is 11.0. The molecule has 0 radical (unpaired) electrons. The van der Waals surface area contributed by atoms with E-state index in [1.54, 1.807) is 0 Å². The van der Waals surface area contributed by atoms with E-state index in [0.717, 1.165) is 12.1 Å². The van der Waals surface area contributed by atoms with E-state index in [9.17, 15) is 12.8 Å². The van der Waals surface area contributed by atoms with Crippen LogP contribution < -0.4 is 10.5 Å². The van der Waals surface area contributed by atoms with Gasteiger partial charge in [0.15, 0.2) is 0 Å². The first kappa shape index (κ1) is 13.6. The van der Waals surface area contributed by atoms with Crippen LogP contribution in [0.5, 0.6) is 0 Å². The van der Waals surface area contributed by atoms with Crippen molar-refractivity contribution in [2.75, 3.05) is 10.5 Å². The predicted octanol–water partition coefficient (Wildman–Crippen LogP) is 2.26. The number of hydrogen-bond acceptors (Lipinski definition) is 4. The van der Waals surface area contributed by atoms with Crippen molar-refractivity contribution in [2.45, 2.75) is 4.90 Å². The Morgan fingerprint density at radius 3 is 2.68 bits per heavy atom. The second-order valence-electron chi connectivity index (χ2n) is 3.64. The summed E-state index contributed by atoms with van der Waals surface area (Å²) < 4.78 is 39.6. The van der Waals surface area contributed by atoms with Crippen molar-refractivity contribution in [1.82, 2.24) is 4.98 Å². The Bertz CT molecular complexity index is 722. The van der Waals surface area contributed by atoms with Crippen molar-refractivity contribution in [3.05, 3.63) is 47.4 Å². The van der Waals surface area contributed by atoms with Crippen LogP contribution in [-0.2, 0) is 10.0 Å². The average Bonchev–Trinajstić information content (AvgIpc) is 2.31. The van der Waals surface area contributed by atoms with E-state index in [-0.39, 0.29) is 16.7 Å². The third kappa shape index (κ3) is 3.12. The van der Waals surface area contributed by atoms with E-state index in [0.29, 0.717) is 0 Å². The van der Waals surface area contributed by atoms with Gasteiger partial charge < -0.3 is 5.73 Å². The maximum atomic E-state index is 13.5. The molecule has 0 unspecified atom stereocenters. The third-order valence-electron chi connectivity index (χ3n) is 2.20. The summed E-state index contributed by atoms with van der Waals surface area (Å²) >= 11 is 5.64. The Morgan fingerprint density at radius 2 is 2.00 bits per heavy atom. The number of aromatic nitrogens is 1. The predicted molar refractivity (Wildman–Crippen MR) is 70.9 cm³/mol. The van der Waals surface area contributed by atoms with Crippen molar-refractivity contribution in [1.29, 1.82) is 0 Å². The summed E-state index contributed by atoms with van der Waals surface area (Å²) in [4.78, 5) is 3.21. The number of nitrogens with one attached hydrogen (secondary N) is 1. The lowest BCUT2D eigenvalue weighted by molar-refractivity contribution is 0.570. The number of pyridine rings is 1. The van der Waals surface area contributed by atoms with E-state index in [4.69, 9.17) is 17.3 Å². The lowest BCUT2D eigenvalue weighted by atomic mass is 10.3. The Kier molecular flexibility index (Phi) is 3.59. The fourth-order valence-electron chi connectivity index (χ4n) is 1.38. The molecule has 0 saturated carbocycles. The Morgan fingerprint density at radius 1 is 1.26 bits per heavy atom. The number of halogens is 2. The minimum absolute atomic E-state index is 0.00526. The number of hydrogen-bond donors (Lipinski definition) is 2. The zero-order valence-electron chi connectivity index (χ0n) is 9.47. The molecule has 0 atom stereocenters. The number of nitrogens with two attached hydrogens (primary N) is 1. The highest BCUT2D eigenvalue weighted by Gasteiger charge is 2.20. The molecule has 0 aliphatic carbocycles. The van der Waals surface area contributed by atoms with Crippen LogP contribution in [0.25, 0.3) is 0 Å². The Balaban J connectivity index is 2.40. The molecule has 0 aliphatic heterocycles. The van der Waals surface area contributed by atoms with Crippen molar-refractivity contribution in [3.63, 3.8) is 0 Å². The van der Waals surface area contributed by atoms with Crippen LogP contribution in [0.3, 0.4) is 0 Å². The molecule has 0 spiro atoms. The molecule has 0 amide bonds. The fourth-order valence-corrected chi connectivity index (χ4v) is 2.66. The van der Waals surface area contributed by atoms with E-state index in [1.165, 1.54) is 24.3 Å². The lowest BCUT2D eigenvalue weighted by Gasteiger charge is -2.08. The molecule has 1 heterocycles. The van der Waals surface area contributed by atoms with Gasteiger partial charge >= 0.3 is 0 Å². The minimum atomic E-state index is -4.11. The van der Waals surface area contributed by atoms with Gasteiger partial charge in [0.25, 0.3) is 10.0 Å². The van der Waals surface area contributed by atoms with Crippen molar-refractivity contribution in [2.24, 2.45) is 0 Å². The molecule has 0 saturated heterocycles. The van der Waals surface area contributed by atoms with E-state index >= 15 is 0 Å². The quantitative estimate of drug-likeness (QED) is 0.672. The number of nitrogens with zero attached hydrogens (tertiary/aromatic N) is 1. The van der Waals surface area contributed by atoms with Crippen LogP contribution >= 0.6 is 11.6 Å². The number of benzene rings is 1. The summed E-state index contributed by atoms with van der Waals surface area (Å²) in [6.45, 7) is 0. The topological polar surface area (TPSA) is 85.1 Å². The Labute approximate surface area is 114 Å². The van der Waals surface area contributed by atoms with E-state index < -0.39 is 20.7 Å². The monoisotopic (exact) mass is 301 g/mol. The molecule has 1 aromatic heterocycles. The van der Waals surface area contributed by atoms with Crippen LogP contribution in [-0.4, -0.2) is 13.4 Å². The maximum absolute atomic E-state index is 13.5. The highest BCUT2D eigenvalue weighted by molar-refractivity contribution is 7.92. The average molecular weight is 302 g/mol. The van der Waals surface area contributed by atoms with Crippen molar-refractivity contribution < 1.29 is 12.8 Å². The van der Waals surface area contributed by atoms with Crippen molar-refractivity contribution in [3.8, 4) is 0 Å². The molecule has 2 aromatic rings. The fraction of sp³-hybridized carbons (Fsp3) is 0. The molecule has 0 bridgehead atoms.